The average molecular weight is 273 g/mol. The highest BCUT2D eigenvalue weighted by Gasteiger charge is 2.48. The third kappa shape index (κ3) is 2.72. The average Bonchev–Trinajstić information content (AvgIpc) is 2.47. The summed E-state index contributed by atoms with van der Waals surface area (Å²) in [6.45, 7) is 1.79. The fraction of sp³-hybridized carbons (Fsp3) is 0.562. The fourth-order valence-electron chi connectivity index (χ4n) is 3.33. The minimum atomic E-state index is -0.0177. The molecule has 1 aromatic carbocycles. The van der Waals surface area contributed by atoms with Gasteiger partial charge in [-0.05, 0) is 31.2 Å². The lowest BCUT2D eigenvalue weighted by molar-refractivity contribution is -0.143. The van der Waals surface area contributed by atoms with Gasteiger partial charge in [0.15, 0.2) is 0 Å². The zero-order valence-electron chi connectivity index (χ0n) is 12.1. The Morgan fingerprint density at radius 2 is 2.00 bits per heavy atom. The van der Waals surface area contributed by atoms with Gasteiger partial charge in [0.1, 0.15) is 0 Å². The van der Waals surface area contributed by atoms with Gasteiger partial charge >= 0.3 is 0 Å². The molecular formula is C16H23N3O. The number of nitrogens with one attached hydrogen (secondary N) is 2. The number of nitrogens with zero attached hydrogens (tertiary/aromatic N) is 1. The smallest absolute Gasteiger partial charge is 0.228 e. The van der Waals surface area contributed by atoms with E-state index in [1.165, 1.54) is 5.56 Å². The van der Waals surface area contributed by atoms with Crippen LogP contribution in [0.4, 0.5) is 0 Å². The fourth-order valence-corrected chi connectivity index (χ4v) is 3.33. The monoisotopic (exact) mass is 273 g/mol. The van der Waals surface area contributed by atoms with E-state index in [4.69, 9.17) is 0 Å². The third-order valence-corrected chi connectivity index (χ3v) is 4.68. The third-order valence-electron chi connectivity index (χ3n) is 4.68. The molecule has 0 aromatic heterocycles. The van der Waals surface area contributed by atoms with Gasteiger partial charge in [-0.15, -0.1) is 0 Å². The summed E-state index contributed by atoms with van der Waals surface area (Å²) in [7, 11) is 2.09. The molecule has 2 aliphatic rings. The Hall–Kier alpha value is -1.39. The Balaban J connectivity index is 1.46. The van der Waals surface area contributed by atoms with Crippen LogP contribution in [0.5, 0.6) is 0 Å². The lowest BCUT2D eigenvalue weighted by atomic mass is 9.68. The summed E-state index contributed by atoms with van der Waals surface area (Å²) in [4.78, 5) is 11.6. The van der Waals surface area contributed by atoms with Crippen LogP contribution in [-0.4, -0.2) is 30.6 Å². The van der Waals surface area contributed by atoms with Crippen molar-refractivity contribution in [2.75, 3.05) is 13.6 Å². The molecule has 108 valence electrons. The summed E-state index contributed by atoms with van der Waals surface area (Å²) in [5.74, 6) is 0.272. The van der Waals surface area contributed by atoms with E-state index in [9.17, 15) is 4.79 Å². The van der Waals surface area contributed by atoms with E-state index in [1.54, 1.807) is 0 Å². The molecule has 0 atom stereocenters. The highest BCUT2D eigenvalue weighted by Crippen LogP contribution is 2.40. The van der Waals surface area contributed by atoms with Crippen molar-refractivity contribution in [1.29, 1.82) is 0 Å². The van der Waals surface area contributed by atoms with Gasteiger partial charge in [0.05, 0.1) is 5.41 Å². The van der Waals surface area contributed by atoms with Crippen molar-refractivity contribution in [3.63, 3.8) is 0 Å². The van der Waals surface area contributed by atoms with E-state index in [0.717, 1.165) is 38.8 Å². The highest BCUT2D eigenvalue weighted by molar-refractivity contribution is 5.88. The number of benzene rings is 1. The molecule has 2 fully saturated rings. The van der Waals surface area contributed by atoms with Crippen molar-refractivity contribution in [1.82, 2.24) is 15.8 Å². The van der Waals surface area contributed by atoms with Crippen LogP contribution in [0.1, 0.15) is 31.2 Å². The first-order valence-corrected chi connectivity index (χ1v) is 7.47. The van der Waals surface area contributed by atoms with Gasteiger partial charge in [0.25, 0.3) is 0 Å². The van der Waals surface area contributed by atoms with Crippen LogP contribution in [0.3, 0.4) is 0 Å². The number of amides is 1. The number of carbonyl (C=O) groups excluding carboxylic acids is 1. The molecule has 1 saturated heterocycles. The number of β-lactam (4-membered cyclic amide) rings is 1. The van der Waals surface area contributed by atoms with Crippen LogP contribution in [0, 0.1) is 5.41 Å². The van der Waals surface area contributed by atoms with Crippen molar-refractivity contribution in [2.24, 2.45) is 5.41 Å². The molecule has 20 heavy (non-hydrogen) atoms. The quantitative estimate of drug-likeness (QED) is 0.648. The first-order valence-electron chi connectivity index (χ1n) is 7.47. The van der Waals surface area contributed by atoms with Gasteiger partial charge in [-0.3, -0.25) is 10.2 Å². The summed E-state index contributed by atoms with van der Waals surface area (Å²) in [6, 6.07) is 11.0. The Morgan fingerprint density at radius 1 is 1.30 bits per heavy atom. The molecule has 1 aliphatic carbocycles. The number of carbonyl (C=O) groups is 1. The van der Waals surface area contributed by atoms with E-state index in [0.29, 0.717) is 6.04 Å². The molecule has 3 rings (SSSR count). The van der Waals surface area contributed by atoms with Crippen LogP contribution in [0.25, 0.3) is 0 Å². The second kappa shape index (κ2) is 5.54. The molecular weight excluding hydrogens is 250 g/mol. The molecule has 4 nitrogen and oxygen atoms in total. The molecule has 0 radical (unpaired) electrons. The highest BCUT2D eigenvalue weighted by atomic mass is 16.2. The molecule has 0 bridgehead atoms. The van der Waals surface area contributed by atoms with Crippen molar-refractivity contribution >= 4 is 5.91 Å². The van der Waals surface area contributed by atoms with Crippen molar-refractivity contribution in [3.05, 3.63) is 35.9 Å². The van der Waals surface area contributed by atoms with Gasteiger partial charge in [-0.25, -0.2) is 5.01 Å². The van der Waals surface area contributed by atoms with Gasteiger partial charge < -0.3 is 5.32 Å². The molecule has 2 N–H and O–H groups in total. The Bertz CT molecular complexity index is 466. The first kappa shape index (κ1) is 13.6. The van der Waals surface area contributed by atoms with Crippen LogP contribution in [-0.2, 0) is 11.3 Å². The largest absolute Gasteiger partial charge is 0.354 e. The van der Waals surface area contributed by atoms with Crippen molar-refractivity contribution in [2.45, 2.75) is 38.3 Å². The van der Waals surface area contributed by atoms with Gasteiger partial charge in [0, 0.05) is 26.2 Å². The predicted octanol–water partition coefficient (Wildman–Crippen LogP) is 1.68. The predicted molar refractivity (Wildman–Crippen MR) is 78.7 cm³/mol. The minimum absolute atomic E-state index is 0.0177. The van der Waals surface area contributed by atoms with E-state index in [2.05, 4.69) is 47.1 Å². The molecule has 1 amide bonds. The Morgan fingerprint density at radius 3 is 2.55 bits per heavy atom. The number of rotatable bonds is 4. The molecule has 0 unspecified atom stereocenters. The Kier molecular flexibility index (Phi) is 3.76. The standard InChI is InChI=1S/C16H23N3O/c1-19(11-13-5-3-2-4-6-13)18-14-7-9-16(10-8-14)12-17-15(16)20/h2-6,14,18H,7-12H2,1H3,(H,17,20). The lowest BCUT2D eigenvalue weighted by Gasteiger charge is -2.46. The number of hydrazine groups is 1. The normalized spacial score (nSPS) is 29.3. The van der Waals surface area contributed by atoms with Gasteiger partial charge in [0.2, 0.25) is 5.91 Å². The molecule has 1 saturated carbocycles. The maximum Gasteiger partial charge on any atom is 0.228 e. The summed E-state index contributed by atoms with van der Waals surface area (Å²) in [5.41, 5.74) is 4.87. The molecule has 4 heteroatoms. The topological polar surface area (TPSA) is 44.4 Å². The molecule has 1 heterocycles. The van der Waals surface area contributed by atoms with Crippen molar-refractivity contribution in [3.8, 4) is 0 Å². The molecule has 1 aromatic rings. The van der Waals surface area contributed by atoms with Crippen LogP contribution in [0.2, 0.25) is 0 Å². The van der Waals surface area contributed by atoms with E-state index in [1.807, 2.05) is 6.07 Å². The lowest BCUT2D eigenvalue weighted by Crippen LogP contribution is -2.61. The van der Waals surface area contributed by atoms with Crippen LogP contribution < -0.4 is 10.7 Å². The number of hydrogen-bond acceptors (Lipinski definition) is 3. The second-order valence-electron chi connectivity index (χ2n) is 6.21. The maximum atomic E-state index is 11.6. The summed E-state index contributed by atoms with van der Waals surface area (Å²) >= 11 is 0. The first-order chi connectivity index (χ1) is 9.68. The van der Waals surface area contributed by atoms with E-state index in [-0.39, 0.29) is 11.3 Å². The minimum Gasteiger partial charge on any atom is -0.354 e. The van der Waals surface area contributed by atoms with Crippen molar-refractivity contribution < 1.29 is 4.79 Å². The van der Waals surface area contributed by atoms with E-state index >= 15 is 0 Å². The summed E-state index contributed by atoms with van der Waals surface area (Å²) < 4.78 is 0. The van der Waals surface area contributed by atoms with Crippen LogP contribution >= 0.6 is 0 Å². The van der Waals surface area contributed by atoms with Crippen LogP contribution in [0.15, 0.2) is 30.3 Å². The zero-order valence-corrected chi connectivity index (χ0v) is 12.1. The molecule has 1 aliphatic heterocycles. The second-order valence-corrected chi connectivity index (χ2v) is 6.21. The number of hydrogen-bond donors (Lipinski definition) is 2. The summed E-state index contributed by atoms with van der Waals surface area (Å²) in [5, 5.41) is 5.05. The molecule has 1 spiro atoms. The Labute approximate surface area is 120 Å². The van der Waals surface area contributed by atoms with Gasteiger partial charge in [-0.1, -0.05) is 30.3 Å². The summed E-state index contributed by atoms with van der Waals surface area (Å²) in [6.07, 6.45) is 4.23. The van der Waals surface area contributed by atoms with E-state index < -0.39 is 0 Å². The van der Waals surface area contributed by atoms with Gasteiger partial charge in [-0.2, -0.15) is 0 Å². The SMILES string of the molecule is CN(Cc1ccccc1)NC1CCC2(CC1)CNC2=O. The zero-order chi connectivity index (χ0) is 14.0. The maximum absolute atomic E-state index is 11.6.